The normalized spacial score (nSPS) is 20.8. The van der Waals surface area contributed by atoms with Crippen LogP contribution in [0, 0.1) is 13.8 Å². The monoisotopic (exact) mass is 327 g/mol. The van der Waals surface area contributed by atoms with E-state index in [0.29, 0.717) is 12.1 Å². The van der Waals surface area contributed by atoms with Crippen molar-refractivity contribution in [2.75, 3.05) is 0 Å². The number of nitrogens with zero attached hydrogens (tertiary/aromatic N) is 2. The Balaban J connectivity index is 1.63. The van der Waals surface area contributed by atoms with Gasteiger partial charge in [-0.1, -0.05) is 25.0 Å². The number of hydrogen-bond donors (Lipinski definition) is 2. The molecule has 1 aliphatic rings. The van der Waals surface area contributed by atoms with Crippen LogP contribution in [0.25, 0.3) is 0 Å². The summed E-state index contributed by atoms with van der Waals surface area (Å²) in [6.45, 7) is 4.72. The van der Waals surface area contributed by atoms with Gasteiger partial charge in [0.15, 0.2) is 0 Å². The Morgan fingerprint density at radius 1 is 1.25 bits per heavy atom. The van der Waals surface area contributed by atoms with Crippen molar-refractivity contribution in [3.05, 3.63) is 52.8 Å². The van der Waals surface area contributed by atoms with E-state index in [1.807, 2.05) is 42.8 Å². The zero-order valence-electron chi connectivity index (χ0n) is 14.3. The molecule has 5 heteroatoms. The number of hydrogen-bond acceptors (Lipinski definition) is 3. The predicted molar refractivity (Wildman–Crippen MR) is 93.0 cm³/mol. The van der Waals surface area contributed by atoms with Crippen molar-refractivity contribution < 1.29 is 9.90 Å². The maximum Gasteiger partial charge on any atom is 0.251 e. The molecule has 0 bridgehead atoms. The van der Waals surface area contributed by atoms with Gasteiger partial charge < -0.3 is 10.4 Å². The van der Waals surface area contributed by atoms with E-state index in [1.54, 1.807) is 0 Å². The molecular formula is C19H25N3O2. The van der Waals surface area contributed by atoms with E-state index in [-0.39, 0.29) is 11.9 Å². The Morgan fingerprint density at radius 2 is 1.96 bits per heavy atom. The van der Waals surface area contributed by atoms with Gasteiger partial charge in [0.1, 0.15) is 0 Å². The van der Waals surface area contributed by atoms with Crippen molar-refractivity contribution in [1.82, 2.24) is 15.1 Å². The molecule has 2 aromatic rings. The molecule has 1 heterocycles. The van der Waals surface area contributed by atoms with E-state index >= 15 is 0 Å². The highest BCUT2D eigenvalue weighted by Gasteiger charge is 2.24. The van der Waals surface area contributed by atoms with Gasteiger partial charge in [0.2, 0.25) is 0 Å². The number of aromatic nitrogens is 2. The molecule has 5 nitrogen and oxygen atoms in total. The van der Waals surface area contributed by atoms with Crippen LogP contribution in [0.2, 0.25) is 0 Å². The van der Waals surface area contributed by atoms with Gasteiger partial charge in [-0.2, -0.15) is 5.10 Å². The van der Waals surface area contributed by atoms with Gasteiger partial charge >= 0.3 is 0 Å². The molecule has 1 aliphatic carbocycles. The van der Waals surface area contributed by atoms with E-state index < -0.39 is 6.10 Å². The molecule has 1 aromatic carbocycles. The molecule has 1 amide bonds. The molecule has 3 rings (SSSR count). The lowest BCUT2D eigenvalue weighted by molar-refractivity contribution is 0.0717. The summed E-state index contributed by atoms with van der Waals surface area (Å²) in [6, 6.07) is 9.53. The summed E-state index contributed by atoms with van der Waals surface area (Å²) in [7, 11) is 0. The van der Waals surface area contributed by atoms with Crippen LogP contribution in [0.15, 0.2) is 30.3 Å². The maximum absolute atomic E-state index is 12.3. The molecule has 2 atom stereocenters. The molecule has 0 saturated heterocycles. The molecule has 1 saturated carbocycles. The van der Waals surface area contributed by atoms with Crippen LogP contribution >= 0.6 is 0 Å². The van der Waals surface area contributed by atoms with Crippen LogP contribution in [-0.2, 0) is 6.54 Å². The lowest BCUT2D eigenvalue weighted by atomic mass is 9.92. The summed E-state index contributed by atoms with van der Waals surface area (Å²) in [5.41, 5.74) is 3.87. The Kier molecular flexibility index (Phi) is 5.00. The third kappa shape index (κ3) is 3.85. The maximum atomic E-state index is 12.3. The third-order valence-corrected chi connectivity index (χ3v) is 4.70. The van der Waals surface area contributed by atoms with Crippen LogP contribution < -0.4 is 5.32 Å². The molecule has 1 aromatic heterocycles. The van der Waals surface area contributed by atoms with E-state index in [1.165, 1.54) is 0 Å². The third-order valence-electron chi connectivity index (χ3n) is 4.70. The number of aliphatic hydroxyl groups is 1. The first-order valence-corrected chi connectivity index (χ1v) is 8.62. The first-order valence-electron chi connectivity index (χ1n) is 8.62. The number of rotatable bonds is 4. The van der Waals surface area contributed by atoms with Gasteiger partial charge in [-0.15, -0.1) is 0 Å². The Labute approximate surface area is 142 Å². The number of benzene rings is 1. The Bertz CT molecular complexity index is 706. The smallest absolute Gasteiger partial charge is 0.251 e. The summed E-state index contributed by atoms with van der Waals surface area (Å²) in [6.07, 6.45) is 3.29. The van der Waals surface area contributed by atoms with Gasteiger partial charge in [0, 0.05) is 11.3 Å². The topological polar surface area (TPSA) is 67.2 Å². The lowest BCUT2D eigenvalue weighted by Crippen LogP contribution is -2.45. The number of aryl methyl sites for hydroxylation is 2. The molecule has 0 radical (unpaired) electrons. The molecule has 1 fully saturated rings. The van der Waals surface area contributed by atoms with Crippen molar-refractivity contribution >= 4 is 5.91 Å². The zero-order chi connectivity index (χ0) is 17.1. The predicted octanol–water partition coefficient (Wildman–Crippen LogP) is 2.58. The first-order chi connectivity index (χ1) is 11.5. The van der Waals surface area contributed by atoms with Gasteiger partial charge in [0.05, 0.1) is 24.4 Å². The van der Waals surface area contributed by atoms with E-state index in [4.69, 9.17) is 0 Å². The van der Waals surface area contributed by atoms with Crippen LogP contribution in [0.5, 0.6) is 0 Å². The van der Waals surface area contributed by atoms with E-state index in [0.717, 1.165) is 42.6 Å². The fraction of sp³-hybridized carbons (Fsp3) is 0.474. The van der Waals surface area contributed by atoms with Gasteiger partial charge in [-0.05, 0) is 50.5 Å². The van der Waals surface area contributed by atoms with Crippen LogP contribution in [-0.4, -0.2) is 32.9 Å². The summed E-state index contributed by atoms with van der Waals surface area (Å²) >= 11 is 0. The highest BCUT2D eigenvalue weighted by molar-refractivity contribution is 5.94. The quantitative estimate of drug-likeness (QED) is 0.907. The molecule has 2 N–H and O–H groups in total. The number of carbonyl (C=O) groups excluding carboxylic acids is 1. The summed E-state index contributed by atoms with van der Waals surface area (Å²) in [5.74, 6) is -0.112. The van der Waals surface area contributed by atoms with Crippen LogP contribution in [0.3, 0.4) is 0 Å². The molecule has 2 unspecified atom stereocenters. The summed E-state index contributed by atoms with van der Waals surface area (Å²) < 4.78 is 1.96. The van der Waals surface area contributed by atoms with Crippen molar-refractivity contribution in [2.24, 2.45) is 0 Å². The van der Waals surface area contributed by atoms with Crippen molar-refractivity contribution in [3.8, 4) is 0 Å². The van der Waals surface area contributed by atoms with Crippen molar-refractivity contribution in [3.63, 3.8) is 0 Å². The zero-order valence-corrected chi connectivity index (χ0v) is 14.3. The number of aliphatic hydroxyl groups excluding tert-OH is 1. The van der Waals surface area contributed by atoms with Gasteiger partial charge in [0.25, 0.3) is 5.91 Å². The average molecular weight is 327 g/mol. The second-order valence-corrected chi connectivity index (χ2v) is 6.71. The van der Waals surface area contributed by atoms with Gasteiger partial charge in [-0.25, -0.2) is 0 Å². The van der Waals surface area contributed by atoms with E-state index in [2.05, 4.69) is 16.5 Å². The largest absolute Gasteiger partial charge is 0.391 e. The summed E-state index contributed by atoms with van der Waals surface area (Å²) in [5, 5.41) is 17.4. The molecule has 0 aliphatic heterocycles. The fourth-order valence-corrected chi connectivity index (χ4v) is 3.30. The lowest BCUT2D eigenvalue weighted by Gasteiger charge is -2.28. The standard InChI is InChI=1S/C19H25N3O2/c1-13-11-14(2)22(21-13)12-15-7-9-16(10-8-15)19(24)20-17-5-3-4-6-18(17)23/h7-11,17-18,23H,3-6,12H2,1-2H3,(H,20,24). The number of amides is 1. The fourth-order valence-electron chi connectivity index (χ4n) is 3.30. The highest BCUT2D eigenvalue weighted by atomic mass is 16.3. The Hall–Kier alpha value is -2.14. The minimum atomic E-state index is -0.423. The Morgan fingerprint density at radius 3 is 2.58 bits per heavy atom. The summed E-state index contributed by atoms with van der Waals surface area (Å²) in [4.78, 5) is 12.3. The molecule has 128 valence electrons. The second kappa shape index (κ2) is 7.18. The van der Waals surface area contributed by atoms with Crippen molar-refractivity contribution in [2.45, 2.75) is 58.2 Å². The van der Waals surface area contributed by atoms with E-state index in [9.17, 15) is 9.90 Å². The molecular weight excluding hydrogens is 302 g/mol. The minimum absolute atomic E-state index is 0.112. The molecule has 24 heavy (non-hydrogen) atoms. The molecule has 0 spiro atoms. The SMILES string of the molecule is Cc1cc(C)n(Cc2ccc(C(=O)NC3CCCCC3O)cc2)n1. The average Bonchev–Trinajstić information content (AvgIpc) is 2.88. The van der Waals surface area contributed by atoms with Crippen LogP contribution in [0.4, 0.5) is 0 Å². The van der Waals surface area contributed by atoms with Gasteiger partial charge in [-0.3, -0.25) is 9.48 Å². The number of nitrogens with one attached hydrogen (secondary N) is 1. The minimum Gasteiger partial charge on any atom is -0.391 e. The van der Waals surface area contributed by atoms with Crippen LogP contribution in [0.1, 0.15) is 53.0 Å². The highest BCUT2D eigenvalue weighted by Crippen LogP contribution is 2.19. The number of carbonyl (C=O) groups is 1. The van der Waals surface area contributed by atoms with Crippen molar-refractivity contribution in [1.29, 1.82) is 0 Å². The first kappa shape index (κ1) is 16.7. The second-order valence-electron chi connectivity index (χ2n) is 6.71.